The SMILES string of the molecule is CCC1Cc2oc3ccc(O)cc3c2CCN1. The molecule has 1 atom stereocenters. The van der Waals surface area contributed by atoms with Gasteiger partial charge in [-0.1, -0.05) is 6.92 Å². The monoisotopic (exact) mass is 231 g/mol. The first-order valence-corrected chi connectivity index (χ1v) is 6.24. The summed E-state index contributed by atoms with van der Waals surface area (Å²) in [5.74, 6) is 1.40. The molecule has 0 radical (unpaired) electrons. The molecule has 3 nitrogen and oxygen atoms in total. The van der Waals surface area contributed by atoms with Crippen molar-refractivity contribution >= 4 is 11.0 Å². The highest BCUT2D eigenvalue weighted by Gasteiger charge is 2.20. The van der Waals surface area contributed by atoms with Gasteiger partial charge in [0.25, 0.3) is 0 Å². The minimum Gasteiger partial charge on any atom is -0.508 e. The number of hydrogen-bond donors (Lipinski definition) is 2. The van der Waals surface area contributed by atoms with E-state index in [2.05, 4.69) is 12.2 Å². The molecule has 1 aliphatic heterocycles. The van der Waals surface area contributed by atoms with Crippen LogP contribution in [0.1, 0.15) is 24.7 Å². The molecular formula is C14H17NO2. The van der Waals surface area contributed by atoms with Crippen LogP contribution in [0.5, 0.6) is 5.75 Å². The summed E-state index contributed by atoms with van der Waals surface area (Å²) in [6.07, 6.45) is 3.03. The van der Waals surface area contributed by atoms with Crippen LogP contribution in [0.2, 0.25) is 0 Å². The Labute approximate surface area is 100 Å². The van der Waals surface area contributed by atoms with Crippen LogP contribution in [-0.2, 0) is 12.8 Å². The molecular weight excluding hydrogens is 214 g/mol. The lowest BCUT2D eigenvalue weighted by Gasteiger charge is -2.11. The second-order valence-electron chi connectivity index (χ2n) is 4.70. The molecule has 0 saturated heterocycles. The van der Waals surface area contributed by atoms with Crippen LogP contribution in [0.3, 0.4) is 0 Å². The Hall–Kier alpha value is -1.48. The molecule has 1 aliphatic rings. The molecule has 3 heteroatoms. The molecule has 0 aliphatic carbocycles. The largest absolute Gasteiger partial charge is 0.508 e. The van der Waals surface area contributed by atoms with Gasteiger partial charge in [0, 0.05) is 23.4 Å². The first-order valence-electron chi connectivity index (χ1n) is 6.24. The van der Waals surface area contributed by atoms with Crippen LogP contribution in [0.15, 0.2) is 22.6 Å². The summed E-state index contributed by atoms with van der Waals surface area (Å²) < 4.78 is 5.91. The minimum absolute atomic E-state index is 0.311. The van der Waals surface area contributed by atoms with Gasteiger partial charge in [0.2, 0.25) is 0 Å². The average molecular weight is 231 g/mol. The lowest BCUT2D eigenvalue weighted by atomic mass is 10.0. The van der Waals surface area contributed by atoms with Crippen molar-refractivity contribution in [3.8, 4) is 5.75 Å². The maximum absolute atomic E-state index is 9.56. The Bertz CT molecular complexity index is 544. The Kier molecular flexibility index (Phi) is 2.56. The summed E-state index contributed by atoms with van der Waals surface area (Å²) in [6.45, 7) is 3.17. The Balaban J connectivity index is 2.12. The lowest BCUT2D eigenvalue weighted by Crippen LogP contribution is -2.29. The van der Waals surface area contributed by atoms with E-state index in [1.54, 1.807) is 6.07 Å². The summed E-state index contributed by atoms with van der Waals surface area (Å²) in [4.78, 5) is 0. The third-order valence-electron chi connectivity index (χ3n) is 3.59. The molecule has 1 aromatic carbocycles. The van der Waals surface area contributed by atoms with Crippen LogP contribution in [-0.4, -0.2) is 17.7 Å². The second kappa shape index (κ2) is 4.08. The van der Waals surface area contributed by atoms with Crippen molar-refractivity contribution in [2.45, 2.75) is 32.2 Å². The zero-order valence-electron chi connectivity index (χ0n) is 9.99. The van der Waals surface area contributed by atoms with E-state index >= 15 is 0 Å². The summed E-state index contributed by atoms with van der Waals surface area (Å²) in [5.41, 5.74) is 2.16. The molecule has 3 rings (SSSR count). The maximum atomic E-state index is 9.56. The van der Waals surface area contributed by atoms with Gasteiger partial charge in [-0.3, -0.25) is 0 Å². The van der Waals surface area contributed by atoms with E-state index in [-0.39, 0.29) is 0 Å². The fourth-order valence-electron chi connectivity index (χ4n) is 2.61. The highest BCUT2D eigenvalue weighted by molar-refractivity contribution is 5.83. The zero-order valence-corrected chi connectivity index (χ0v) is 9.99. The average Bonchev–Trinajstić information content (AvgIpc) is 2.54. The predicted octanol–water partition coefficient (Wildman–Crippen LogP) is 2.61. The molecule has 90 valence electrons. The Morgan fingerprint density at radius 1 is 1.47 bits per heavy atom. The van der Waals surface area contributed by atoms with E-state index in [1.807, 2.05) is 12.1 Å². The van der Waals surface area contributed by atoms with Crippen molar-refractivity contribution < 1.29 is 9.52 Å². The first-order chi connectivity index (χ1) is 8.28. The minimum atomic E-state index is 0.311. The molecule has 0 spiro atoms. The molecule has 1 unspecified atom stereocenters. The molecule has 0 amide bonds. The Morgan fingerprint density at radius 3 is 3.18 bits per heavy atom. The molecule has 2 aromatic rings. The van der Waals surface area contributed by atoms with Gasteiger partial charge >= 0.3 is 0 Å². The van der Waals surface area contributed by atoms with Gasteiger partial charge in [-0.2, -0.15) is 0 Å². The van der Waals surface area contributed by atoms with Gasteiger partial charge in [-0.05, 0) is 37.6 Å². The van der Waals surface area contributed by atoms with E-state index in [1.165, 1.54) is 5.56 Å². The molecule has 0 bridgehead atoms. The number of furan rings is 1. The van der Waals surface area contributed by atoms with Crippen molar-refractivity contribution in [2.24, 2.45) is 0 Å². The number of phenolic OH excluding ortho intramolecular Hbond substituents is 1. The third-order valence-corrected chi connectivity index (χ3v) is 3.59. The zero-order chi connectivity index (χ0) is 11.8. The van der Waals surface area contributed by atoms with Crippen molar-refractivity contribution in [3.05, 3.63) is 29.5 Å². The quantitative estimate of drug-likeness (QED) is 0.793. The van der Waals surface area contributed by atoms with Gasteiger partial charge in [0.05, 0.1) is 0 Å². The standard InChI is InChI=1S/C14H17NO2/c1-2-9-7-14-11(5-6-15-9)12-8-10(16)3-4-13(12)17-14/h3-4,8-9,15-16H,2,5-7H2,1H3. The summed E-state index contributed by atoms with van der Waals surface area (Å²) in [7, 11) is 0. The van der Waals surface area contributed by atoms with Gasteiger partial charge in [-0.25, -0.2) is 0 Å². The van der Waals surface area contributed by atoms with Crippen LogP contribution in [0.4, 0.5) is 0 Å². The molecule has 2 heterocycles. The number of aromatic hydroxyl groups is 1. The molecule has 0 saturated carbocycles. The Morgan fingerprint density at radius 2 is 2.35 bits per heavy atom. The number of fused-ring (bicyclic) bond motifs is 3. The van der Waals surface area contributed by atoms with Crippen molar-refractivity contribution in [1.29, 1.82) is 0 Å². The highest BCUT2D eigenvalue weighted by Crippen LogP contribution is 2.31. The van der Waals surface area contributed by atoms with Crippen LogP contribution >= 0.6 is 0 Å². The fourth-order valence-corrected chi connectivity index (χ4v) is 2.61. The maximum Gasteiger partial charge on any atom is 0.134 e. The molecule has 2 N–H and O–H groups in total. The normalized spacial score (nSPS) is 20.2. The lowest BCUT2D eigenvalue weighted by molar-refractivity contribution is 0.463. The summed E-state index contributed by atoms with van der Waals surface area (Å²) in [5, 5.41) is 14.2. The van der Waals surface area contributed by atoms with Gasteiger partial charge in [0.1, 0.15) is 17.1 Å². The third kappa shape index (κ3) is 1.80. The highest BCUT2D eigenvalue weighted by atomic mass is 16.3. The fraction of sp³-hybridized carbons (Fsp3) is 0.429. The molecule has 0 fully saturated rings. The predicted molar refractivity (Wildman–Crippen MR) is 67.4 cm³/mol. The van der Waals surface area contributed by atoms with E-state index in [0.29, 0.717) is 11.8 Å². The van der Waals surface area contributed by atoms with Crippen LogP contribution < -0.4 is 5.32 Å². The molecule has 17 heavy (non-hydrogen) atoms. The number of phenols is 1. The number of hydrogen-bond acceptors (Lipinski definition) is 3. The van der Waals surface area contributed by atoms with Crippen molar-refractivity contribution in [2.75, 3.05) is 6.54 Å². The topological polar surface area (TPSA) is 45.4 Å². The van der Waals surface area contributed by atoms with E-state index in [0.717, 1.165) is 42.5 Å². The molecule has 1 aromatic heterocycles. The van der Waals surface area contributed by atoms with E-state index in [9.17, 15) is 5.11 Å². The number of rotatable bonds is 1. The second-order valence-corrected chi connectivity index (χ2v) is 4.70. The van der Waals surface area contributed by atoms with E-state index in [4.69, 9.17) is 4.42 Å². The smallest absolute Gasteiger partial charge is 0.134 e. The van der Waals surface area contributed by atoms with Crippen LogP contribution in [0.25, 0.3) is 11.0 Å². The summed E-state index contributed by atoms with van der Waals surface area (Å²) in [6, 6.07) is 5.85. The van der Waals surface area contributed by atoms with Crippen molar-refractivity contribution in [3.63, 3.8) is 0 Å². The van der Waals surface area contributed by atoms with Gasteiger partial charge in [0.15, 0.2) is 0 Å². The van der Waals surface area contributed by atoms with Gasteiger partial charge < -0.3 is 14.8 Å². The van der Waals surface area contributed by atoms with Gasteiger partial charge in [-0.15, -0.1) is 0 Å². The van der Waals surface area contributed by atoms with E-state index < -0.39 is 0 Å². The van der Waals surface area contributed by atoms with Crippen molar-refractivity contribution in [1.82, 2.24) is 5.32 Å². The first kappa shape index (κ1) is 10.7. The number of nitrogens with one attached hydrogen (secondary N) is 1. The summed E-state index contributed by atoms with van der Waals surface area (Å²) >= 11 is 0. The number of benzene rings is 1. The van der Waals surface area contributed by atoms with Crippen LogP contribution in [0, 0.1) is 0 Å².